The van der Waals surface area contributed by atoms with E-state index in [0.29, 0.717) is 19.4 Å². The average Bonchev–Trinajstić information content (AvgIpc) is 3.23. The zero-order chi connectivity index (χ0) is 23.4. The minimum absolute atomic E-state index is 0.0829. The van der Waals surface area contributed by atoms with Crippen LogP contribution in [0, 0.1) is 13.8 Å². The van der Waals surface area contributed by atoms with Gasteiger partial charge in [0.2, 0.25) is 5.91 Å². The van der Waals surface area contributed by atoms with Crippen molar-refractivity contribution in [2.24, 2.45) is 0 Å². The molecule has 3 aromatic rings. The lowest BCUT2D eigenvalue weighted by atomic mass is 10.00. The van der Waals surface area contributed by atoms with E-state index in [1.165, 1.54) is 49.0 Å². The second-order valence-corrected chi connectivity index (χ2v) is 9.60. The molecule has 0 aliphatic carbocycles. The summed E-state index contributed by atoms with van der Waals surface area (Å²) in [5, 5.41) is 8.75. The van der Waals surface area contributed by atoms with E-state index in [-0.39, 0.29) is 11.9 Å². The van der Waals surface area contributed by atoms with Crippen LogP contribution in [0.2, 0.25) is 0 Å². The third kappa shape index (κ3) is 5.44. The fraction of sp³-hybridized carbons (Fsp3) is 0.519. The Morgan fingerprint density at radius 2 is 1.82 bits per heavy atom. The van der Waals surface area contributed by atoms with Crippen molar-refractivity contribution in [2.75, 3.05) is 13.1 Å². The van der Waals surface area contributed by atoms with Crippen LogP contribution in [0.15, 0.2) is 30.5 Å². The maximum atomic E-state index is 12.7. The number of nitrogens with zero attached hydrogens (tertiary/aromatic N) is 4. The number of piperidine rings is 1. The molecule has 0 unspecified atom stereocenters. The summed E-state index contributed by atoms with van der Waals surface area (Å²) in [6.45, 7) is 12.3. The summed E-state index contributed by atoms with van der Waals surface area (Å²) in [4.78, 5) is 20.1. The number of likely N-dealkylation sites (tertiary alicyclic amines) is 1. The van der Waals surface area contributed by atoms with Crippen LogP contribution in [-0.4, -0.2) is 38.7 Å². The van der Waals surface area contributed by atoms with Crippen LogP contribution >= 0.6 is 0 Å². The van der Waals surface area contributed by atoms with Crippen molar-refractivity contribution in [3.8, 4) is 0 Å². The Kier molecular flexibility index (Phi) is 7.43. The number of fused-ring (bicyclic) bond motifs is 1. The second kappa shape index (κ2) is 10.5. The van der Waals surface area contributed by atoms with Gasteiger partial charge in [0.1, 0.15) is 0 Å². The molecule has 1 aromatic carbocycles. The molecule has 1 aliphatic heterocycles. The maximum absolute atomic E-state index is 12.7. The van der Waals surface area contributed by atoms with Gasteiger partial charge < -0.3 is 5.32 Å². The summed E-state index contributed by atoms with van der Waals surface area (Å²) in [6.07, 6.45) is 6.97. The number of nitrogens with one attached hydrogen (secondary N) is 1. The lowest BCUT2D eigenvalue weighted by Gasteiger charge is -2.27. The van der Waals surface area contributed by atoms with E-state index < -0.39 is 0 Å². The van der Waals surface area contributed by atoms with Crippen LogP contribution in [0.4, 0.5) is 0 Å². The number of hydrogen-bond acceptors (Lipinski definition) is 4. The number of aromatic nitrogens is 3. The summed E-state index contributed by atoms with van der Waals surface area (Å²) in [6, 6.07) is 8.76. The minimum atomic E-state index is 0.0829. The molecule has 6 heteroatoms. The Hall–Kier alpha value is -2.73. The SMILES string of the molecule is Cc1nc2c(cnn2C(C)C)c(C)c1CCC(=O)NCc1ccccc1CN1CCCCC1. The van der Waals surface area contributed by atoms with Gasteiger partial charge in [-0.05, 0) is 82.3 Å². The quantitative estimate of drug-likeness (QED) is 0.535. The molecule has 176 valence electrons. The third-order valence-corrected chi connectivity index (χ3v) is 6.86. The Bertz CT molecular complexity index is 1110. The number of pyridine rings is 1. The van der Waals surface area contributed by atoms with Crippen molar-refractivity contribution in [2.45, 2.75) is 78.9 Å². The van der Waals surface area contributed by atoms with E-state index in [1.54, 1.807) is 0 Å². The molecule has 6 nitrogen and oxygen atoms in total. The average molecular weight is 448 g/mol. The summed E-state index contributed by atoms with van der Waals surface area (Å²) >= 11 is 0. The lowest BCUT2D eigenvalue weighted by molar-refractivity contribution is -0.121. The third-order valence-electron chi connectivity index (χ3n) is 6.86. The van der Waals surface area contributed by atoms with Gasteiger partial charge in [0.25, 0.3) is 0 Å². The Labute approximate surface area is 197 Å². The summed E-state index contributed by atoms with van der Waals surface area (Å²) in [5.41, 5.74) is 6.80. The highest BCUT2D eigenvalue weighted by Gasteiger charge is 2.16. The minimum Gasteiger partial charge on any atom is -0.352 e. The molecule has 2 aromatic heterocycles. The van der Waals surface area contributed by atoms with Crippen LogP contribution in [0.25, 0.3) is 11.0 Å². The highest BCUT2D eigenvalue weighted by molar-refractivity contribution is 5.81. The highest BCUT2D eigenvalue weighted by Crippen LogP contribution is 2.25. The van der Waals surface area contributed by atoms with Crippen LogP contribution in [0.1, 0.15) is 73.5 Å². The van der Waals surface area contributed by atoms with Gasteiger partial charge in [-0.1, -0.05) is 30.7 Å². The Balaban J connectivity index is 1.37. The zero-order valence-electron chi connectivity index (χ0n) is 20.5. The molecule has 0 bridgehead atoms. The first kappa shape index (κ1) is 23.4. The Morgan fingerprint density at radius 3 is 2.55 bits per heavy atom. The van der Waals surface area contributed by atoms with Gasteiger partial charge in [-0.3, -0.25) is 9.69 Å². The summed E-state index contributed by atoms with van der Waals surface area (Å²) in [7, 11) is 0. The molecule has 1 aliphatic rings. The number of carbonyl (C=O) groups is 1. The van der Waals surface area contributed by atoms with Gasteiger partial charge in [0, 0.05) is 36.6 Å². The van der Waals surface area contributed by atoms with Crippen LogP contribution in [-0.2, 0) is 24.3 Å². The zero-order valence-corrected chi connectivity index (χ0v) is 20.5. The van der Waals surface area contributed by atoms with Gasteiger partial charge in [-0.2, -0.15) is 5.10 Å². The molecule has 4 rings (SSSR count). The molecule has 1 fully saturated rings. The number of benzene rings is 1. The molecule has 3 heterocycles. The molecule has 0 spiro atoms. The van der Waals surface area contributed by atoms with Gasteiger partial charge in [-0.25, -0.2) is 9.67 Å². The van der Waals surface area contributed by atoms with E-state index >= 15 is 0 Å². The van der Waals surface area contributed by atoms with Crippen molar-refractivity contribution in [3.63, 3.8) is 0 Å². The van der Waals surface area contributed by atoms with Gasteiger partial charge >= 0.3 is 0 Å². The first-order valence-corrected chi connectivity index (χ1v) is 12.3. The van der Waals surface area contributed by atoms with Crippen LogP contribution < -0.4 is 5.32 Å². The lowest BCUT2D eigenvalue weighted by Crippen LogP contribution is -2.30. The van der Waals surface area contributed by atoms with Gasteiger partial charge in [-0.15, -0.1) is 0 Å². The Morgan fingerprint density at radius 1 is 1.09 bits per heavy atom. The molecule has 1 N–H and O–H groups in total. The van der Waals surface area contributed by atoms with Crippen molar-refractivity contribution in [1.82, 2.24) is 25.0 Å². The first-order valence-electron chi connectivity index (χ1n) is 12.3. The fourth-order valence-corrected chi connectivity index (χ4v) is 4.90. The number of amides is 1. The smallest absolute Gasteiger partial charge is 0.220 e. The van der Waals surface area contributed by atoms with Crippen molar-refractivity contribution in [1.29, 1.82) is 0 Å². The van der Waals surface area contributed by atoms with Crippen LogP contribution in [0.3, 0.4) is 0 Å². The molecule has 33 heavy (non-hydrogen) atoms. The molecular formula is C27H37N5O. The standard InChI is InChI=1S/C27H37N5O/c1-19(2)32-27-25(17-29-32)20(3)24(21(4)30-27)12-13-26(33)28-16-22-10-6-7-11-23(22)18-31-14-8-5-9-15-31/h6-7,10-11,17,19H,5,8-9,12-16,18H2,1-4H3,(H,28,33). The molecule has 0 atom stereocenters. The van der Waals surface area contributed by atoms with E-state index in [9.17, 15) is 4.79 Å². The predicted octanol–water partition coefficient (Wildman–Crippen LogP) is 4.86. The van der Waals surface area contributed by atoms with Crippen molar-refractivity contribution >= 4 is 16.9 Å². The first-order chi connectivity index (χ1) is 15.9. The monoisotopic (exact) mass is 447 g/mol. The van der Waals surface area contributed by atoms with E-state index in [0.717, 1.165) is 28.8 Å². The molecule has 1 saturated heterocycles. The van der Waals surface area contributed by atoms with E-state index in [4.69, 9.17) is 4.98 Å². The second-order valence-electron chi connectivity index (χ2n) is 9.60. The number of carbonyl (C=O) groups excluding carboxylic acids is 1. The fourth-order valence-electron chi connectivity index (χ4n) is 4.90. The van der Waals surface area contributed by atoms with Gasteiger partial charge in [0.15, 0.2) is 5.65 Å². The molecule has 0 radical (unpaired) electrons. The molecule has 0 saturated carbocycles. The number of rotatable bonds is 8. The van der Waals surface area contributed by atoms with E-state index in [2.05, 4.69) is 60.4 Å². The maximum Gasteiger partial charge on any atom is 0.220 e. The largest absolute Gasteiger partial charge is 0.352 e. The van der Waals surface area contributed by atoms with Gasteiger partial charge in [0.05, 0.1) is 6.20 Å². The van der Waals surface area contributed by atoms with Crippen molar-refractivity contribution in [3.05, 3.63) is 58.4 Å². The van der Waals surface area contributed by atoms with E-state index in [1.807, 2.05) is 17.8 Å². The normalized spacial score (nSPS) is 14.8. The van der Waals surface area contributed by atoms with Crippen molar-refractivity contribution < 1.29 is 4.79 Å². The topological polar surface area (TPSA) is 63.1 Å². The summed E-state index contributed by atoms with van der Waals surface area (Å²) in [5.74, 6) is 0.0829. The number of aryl methyl sites for hydroxylation is 2. The molecule has 1 amide bonds. The predicted molar refractivity (Wildman–Crippen MR) is 133 cm³/mol. The molecular weight excluding hydrogens is 410 g/mol. The van der Waals surface area contributed by atoms with Crippen LogP contribution in [0.5, 0.6) is 0 Å². The highest BCUT2D eigenvalue weighted by atomic mass is 16.1. The number of hydrogen-bond donors (Lipinski definition) is 1. The summed E-state index contributed by atoms with van der Waals surface area (Å²) < 4.78 is 1.97.